The number of pyridine rings is 1. The number of anilines is 1. The molecule has 0 unspecified atom stereocenters. The number of hydrogen-bond donors (Lipinski definition) is 1. The summed E-state index contributed by atoms with van der Waals surface area (Å²) >= 11 is 7.61. The number of aromatic nitrogens is 3. The molecule has 1 amide bonds. The number of halogens is 1. The third kappa shape index (κ3) is 4.58. The molecule has 7 heteroatoms. The van der Waals surface area contributed by atoms with Gasteiger partial charge < -0.3 is 5.32 Å². The Labute approximate surface area is 200 Å². The lowest BCUT2D eigenvalue weighted by atomic mass is 10.1. The molecule has 0 spiro atoms. The van der Waals surface area contributed by atoms with Crippen LogP contribution >= 0.6 is 22.9 Å². The summed E-state index contributed by atoms with van der Waals surface area (Å²) in [5.74, 6) is -0.242. The monoisotopic (exact) mass is 470 g/mol. The number of aryl methyl sites for hydroxylation is 1. The Morgan fingerprint density at radius 2 is 1.88 bits per heavy atom. The maximum Gasteiger partial charge on any atom is 0.248 e. The average Bonchev–Trinajstić information content (AvgIpc) is 3.45. The Morgan fingerprint density at radius 1 is 1.03 bits per heavy atom. The Morgan fingerprint density at radius 3 is 2.67 bits per heavy atom. The van der Waals surface area contributed by atoms with E-state index >= 15 is 0 Å². The predicted molar refractivity (Wildman–Crippen MR) is 136 cm³/mol. The van der Waals surface area contributed by atoms with Crippen molar-refractivity contribution in [2.75, 3.05) is 5.32 Å². The maximum absolute atomic E-state index is 12.8. The van der Waals surface area contributed by atoms with Crippen LogP contribution in [0.1, 0.15) is 11.3 Å². The zero-order chi connectivity index (χ0) is 22.8. The predicted octanol–water partition coefficient (Wildman–Crippen LogP) is 6.76. The molecular weight excluding hydrogens is 452 g/mol. The van der Waals surface area contributed by atoms with E-state index in [-0.39, 0.29) is 5.91 Å². The fraction of sp³-hybridized carbons (Fsp3) is 0.0385. The second kappa shape index (κ2) is 9.02. The SMILES string of the molecule is Cc1ccc2cccc(NC(=O)/C=C/c3cn(-c4ccccc4)nc3-c3ccc(Cl)s3)c2n1. The molecule has 0 saturated carbocycles. The van der Waals surface area contributed by atoms with Gasteiger partial charge in [-0.25, -0.2) is 4.68 Å². The summed E-state index contributed by atoms with van der Waals surface area (Å²) in [5.41, 5.74) is 4.86. The molecule has 1 N–H and O–H groups in total. The summed E-state index contributed by atoms with van der Waals surface area (Å²) in [6, 6.07) is 23.3. The molecule has 0 saturated heterocycles. The van der Waals surface area contributed by atoms with Crippen molar-refractivity contribution in [3.63, 3.8) is 0 Å². The van der Waals surface area contributed by atoms with Crippen LogP contribution in [0.2, 0.25) is 4.34 Å². The molecule has 2 aromatic carbocycles. The fourth-order valence-electron chi connectivity index (χ4n) is 3.54. The molecular formula is C26H19ClN4OS. The molecule has 0 radical (unpaired) electrons. The molecule has 3 aromatic heterocycles. The number of amides is 1. The highest BCUT2D eigenvalue weighted by atomic mass is 35.5. The maximum atomic E-state index is 12.8. The van der Waals surface area contributed by atoms with Gasteiger partial charge in [-0.1, -0.05) is 48.0 Å². The number of para-hydroxylation sites is 2. The van der Waals surface area contributed by atoms with E-state index in [1.54, 1.807) is 10.8 Å². The number of nitrogens with one attached hydrogen (secondary N) is 1. The lowest BCUT2D eigenvalue weighted by Crippen LogP contribution is -2.08. The zero-order valence-corrected chi connectivity index (χ0v) is 19.3. The highest BCUT2D eigenvalue weighted by molar-refractivity contribution is 7.19. The molecule has 5 nitrogen and oxygen atoms in total. The molecule has 0 bridgehead atoms. The highest BCUT2D eigenvalue weighted by Gasteiger charge is 2.13. The van der Waals surface area contributed by atoms with Crippen molar-refractivity contribution in [2.24, 2.45) is 0 Å². The van der Waals surface area contributed by atoms with E-state index in [9.17, 15) is 4.79 Å². The van der Waals surface area contributed by atoms with Crippen molar-refractivity contribution in [1.29, 1.82) is 0 Å². The molecule has 0 aliphatic carbocycles. The Hall–Kier alpha value is -3.74. The lowest BCUT2D eigenvalue weighted by Gasteiger charge is -2.07. The van der Waals surface area contributed by atoms with Gasteiger partial charge in [-0.15, -0.1) is 11.3 Å². The average molecular weight is 471 g/mol. The second-order valence-electron chi connectivity index (χ2n) is 7.47. The number of benzene rings is 2. The minimum absolute atomic E-state index is 0.242. The van der Waals surface area contributed by atoms with Crippen LogP contribution in [0.15, 0.2) is 85.1 Å². The van der Waals surface area contributed by atoms with Crippen LogP contribution in [-0.4, -0.2) is 20.7 Å². The largest absolute Gasteiger partial charge is 0.321 e. The molecule has 0 aliphatic rings. The smallest absolute Gasteiger partial charge is 0.248 e. The topological polar surface area (TPSA) is 59.8 Å². The van der Waals surface area contributed by atoms with Crippen molar-refractivity contribution >= 4 is 51.5 Å². The van der Waals surface area contributed by atoms with E-state index in [0.717, 1.165) is 38.4 Å². The molecule has 0 atom stereocenters. The van der Waals surface area contributed by atoms with Crippen molar-refractivity contribution < 1.29 is 4.79 Å². The van der Waals surface area contributed by atoms with Crippen LogP contribution in [0.4, 0.5) is 5.69 Å². The van der Waals surface area contributed by atoms with Crippen molar-refractivity contribution in [2.45, 2.75) is 6.92 Å². The lowest BCUT2D eigenvalue weighted by molar-refractivity contribution is -0.111. The van der Waals surface area contributed by atoms with E-state index in [1.165, 1.54) is 17.4 Å². The molecule has 5 rings (SSSR count). The van der Waals surface area contributed by atoms with Crippen molar-refractivity contribution in [3.8, 4) is 16.3 Å². The number of rotatable bonds is 5. The number of thiophene rings is 1. The van der Waals surface area contributed by atoms with E-state index in [2.05, 4.69) is 10.3 Å². The van der Waals surface area contributed by atoms with Gasteiger partial charge in [0.15, 0.2) is 0 Å². The van der Waals surface area contributed by atoms with E-state index in [4.69, 9.17) is 16.7 Å². The normalized spacial score (nSPS) is 11.3. The summed E-state index contributed by atoms with van der Waals surface area (Å²) in [5, 5.41) is 8.68. The third-order valence-electron chi connectivity index (χ3n) is 5.10. The van der Waals surface area contributed by atoms with Gasteiger partial charge in [-0.2, -0.15) is 5.10 Å². The van der Waals surface area contributed by atoms with Gasteiger partial charge in [0.2, 0.25) is 5.91 Å². The van der Waals surface area contributed by atoms with Crippen LogP contribution in [0, 0.1) is 6.92 Å². The standard InChI is InChI=1S/C26H19ClN4OS/c1-17-10-11-18-6-5-9-21(25(18)28-17)29-24(32)15-12-19-16-31(20-7-3-2-4-8-20)30-26(19)22-13-14-23(27)33-22/h2-16H,1H3,(H,29,32)/b15-12+. The first kappa shape index (κ1) is 21.1. The van der Waals surface area contributed by atoms with Crippen LogP contribution in [0.3, 0.4) is 0 Å². The molecule has 0 aliphatic heterocycles. The summed E-state index contributed by atoms with van der Waals surface area (Å²) in [6.45, 7) is 1.93. The first-order valence-corrected chi connectivity index (χ1v) is 11.5. The number of carbonyl (C=O) groups excluding carboxylic acids is 1. The summed E-state index contributed by atoms with van der Waals surface area (Å²) in [7, 11) is 0. The van der Waals surface area contributed by atoms with E-state index in [0.29, 0.717) is 10.0 Å². The van der Waals surface area contributed by atoms with Gasteiger partial charge in [-0.05, 0) is 49.4 Å². The van der Waals surface area contributed by atoms with Crippen molar-refractivity contribution in [3.05, 3.63) is 101 Å². The minimum Gasteiger partial charge on any atom is -0.321 e. The van der Waals surface area contributed by atoms with Crippen molar-refractivity contribution in [1.82, 2.24) is 14.8 Å². The molecule has 33 heavy (non-hydrogen) atoms. The van der Waals surface area contributed by atoms with Crippen LogP contribution in [0.5, 0.6) is 0 Å². The third-order valence-corrected chi connectivity index (χ3v) is 6.34. The quantitative estimate of drug-likeness (QED) is 0.288. The molecule has 3 heterocycles. The number of carbonyl (C=O) groups is 1. The van der Waals surface area contributed by atoms with E-state index in [1.807, 2.05) is 85.9 Å². The van der Waals surface area contributed by atoms with Crippen LogP contribution < -0.4 is 5.32 Å². The minimum atomic E-state index is -0.242. The molecule has 0 fully saturated rings. The van der Waals surface area contributed by atoms with Gasteiger partial charge in [0.05, 0.1) is 26.1 Å². The number of hydrogen-bond acceptors (Lipinski definition) is 4. The molecule has 162 valence electrons. The van der Waals surface area contributed by atoms with Crippen LogP contribution in [-0.2, 0) is 4.79 Å². The van der Waals surface area contributed by atoms with Gasteiger partial charge in [0, 0.05) is 28.9 Å². The molecule has 5 aromatic rings. The fourth-order valence-corrected chi connectivity index (χ4v) is 4.59. The zero-order valence-electron chi connectivity index (χ0n) is 17.7. The van der Waals surface area contributed by atoms with Gasteiger partial charge >= 0.3 is 0 Å². The Kier molecular flexibility index (Phi) is 5.77. The summed E-state index contributed by atoms with van der Waals surface area (Å²) < 4.78 is 2.49. The van der Waals surface area contributed by atoms with Gasteiger partial charge in [0.25, 0.3) is 0 Å². The summed E-state index contributed by atoms with van der Waals surface area (Å²) in [4.78, 5) is 18.3. The highest BCUT2D eigenvalue weighted by Crippen LogP contribution is 2.33. The first-order chi connectivity index (χ1) is 16.1. The number of nitrogens with zero attached hydrogens (tertiary/aromatic N) is 3. The second-order valence-corrected chi connectivity index (χ2v) is 9.18. The first-order valence-electron chi connectivity index (χ1n) is 10.3. The number of fused-ring (bicyclic) bond motifs is 1. The van der Waals surface area contributed by atoms with Gasteiger partial charge in [-0.3, -0.25) is 9.78 Å². The summed E-state index contributed by atoms with van der Waals surface area (Å²) in [6.07, 6.45) is 5.19. The van der Waals surface area contributed by atoms with E-state index < -0.39 is 0 Å². The van der Waals surface area contributed by atoms with Gasteiger partial charge in [0.1, 0.15) is 5.69 Å². The van der Waals surface area contributed by atoms with Crippen LogP contribution in [0.25, 0.3) is 33.2 Å². The Bertz CT molecular complexity index is 1490. The Balaban J connectivity index is 1.46.